The zero-order chi connectivity index (χ0) is 23.7. The van der Waals surface area contributed by atoms with E-state index in [2.05, 4.69) is 41.5 Å². The van der Waals surface area contributed by atoms with Crippen molar-refractivity contribution in [1.29, 1.82) is 0 Å². The molecule has 0 bridgehead atoms. The van der Waals surface area contributed by atoms with Gasteiger partial charge in [0, 0.05) is 12.2 Å². The van der Waals surface area contributed by atoms with Crippen LogP contribution in [0.2, 0.25) is 7.87 Å². The summed E-state index contributed by atoms with van der Waals surface area (Å²) in [6.45, 7) is 14.6. The fourth-order valence-corrected chi connectivity index (χ4v) is 6.81. The van der Waals surface area contributed by atoms with Crippen LogP contribution in [0.25, 0.3) is 0 Å². The van der Waals surface area contributed by atoms with Gasteiger partial charge in [0.25, 0.3) is 0 Å². The third-order valence-corrected chi connectivity index (χ3v) is 8.31. The number of ether oxygens (including phenoxy) is 2. The van der Waals surface area contributed by atoms with Crippen LogP contribution in [0.15, 0.2) is 12.2 Å². The fourth-order valence-electron chi connectivity index (χ4n) is 3.01. The molecule has 0 aliphatic carbocycles. The van der Waals surface area contributed by atoms with Crippen molar-refractivity contribution in [2.75, 3.05) is 13.2 Å². The summed E-state index contributed by atoms with van der Waals surface area (Å²) in [6.07, 6.45) is 16.1. The molecule has 0 saturated heterocycles. The van der Waals surface area contributed by atoms with Crippen LogP contribution in [0.3, 0.4) is 0 Å². The SMILES string of the molecule is CCCCCCCCOC(=O)/C=C\C(=O)OCCCCCCCC.C[CH](C)[Sn][CH](C)C. The van der Waals surface area contributed by atoms with Crippen molar-refractivity contribution < 1.29 is 19.1 Å². The van der Waals surface area contributed by atoms with Crippen LogP contribution >= 0.6 is 0 Å². The second-order valence-electron chi connectivity index (χ2n) is 8.68. The van der Waals surface area contributed by atoms with Crippen molar-refractivity contribution in [2.45, 2.75) is 126 Å². The molecule has 0 aromatic carbocycles. The van der Waals surface area contributed by atoms with Gasteiger partial charge in [0.2, 0.25) is 0 Å². The van der Waals surface area contributed by atoms with Crippen molar-refractivity contribution in [1.82, 2.24) is 0 Å². The molecule has 4 nitrogen and oxygen atoms in total. The number of rotatable bonds is 18. The Morgan fingerprint density at radius 3 is 1.23 bits per heavy atom. The molecule has 0 aromatic rings. The summed E-state index contributed by atoms with van der Waals surface area (Å²) in [5.74, 6) is -0.944. The van der Waals surface area contributed by atoms with E-state index in [0.29, 0.717) is 13.2 Å². The Morgan fingerprint density at radius 2 is 0.935 bits per heavy atom. The summed E-state index contributed by atoms with van der Waals surface area (Å²) >= 11 is 0.0389. The van der Waals surface area contributed by atoms with Gasteiger partial charge in [-0.05, 0) is 12.8 Å². The average molecular weight is 545 g/mol. The van der Waals surface area contributed by atoms with E-state index in [4.69, 9.17) is 9.47 Å². The van der Waals surface area contributed by atoms with Gasteiger partial charge in [-0.15, -0.1) is 0 Å². The Bertz CT molecular complexity index is 395. The Hall–Kier alpha value is -0.521. The average Bonchev–Trinajstić information content (AvgIpc) is 2.70. The normalized spacial score (nSPS) is 11.0. The molecule has 0 aliphatic heterocycles. The maximum absolute atomic E-state index is 11.4. The first-order valence-electron chi connectivity index (χ1n) is 12.6. The van der Waals surface area contributed by atoms with Gasteiger partial charge >= 0.3 is 68.6 Å². The van der Waals surface area contributed by atoms with Crippen LogP contribution in [0.5, 0.6) is 0 Å². The van der Waals surface area contributed by atoms with Crippen molar-refractivity contribution in [3.8, 4) is 0 Å². The van der Waals surface area contributed by atoms with Gasteiger partial charge in [-0.2, -0.15) is 0 Å². The number of unbranched alkanes of at least 4 members (excludes halogenated alkanes) is 10. The van der Waals surface area contributed by atoms with Crippen molar-refractivity contribution in [3.63, 3.8) is 0 Å². The number of carbonyl (C=O) groups excluding carboxylic acids is 2. The van der Waals surface area contributed by atoms with Crippen molar-refractivity contribution >= 4 is 33.1 Å². The summed E-state index contributed by atoms with van der Waals surface area (Å²) in [7, 11) is 0. The molecule has 5 heteroatoms. The summed E-state index contributed by atoms with van der Waals surface area (Å²) in [4.78, 5) is 22.9. The van der Waals surface area contributed by atoms with E-state index >= 15 is 0 Å². The summed E-state index contributed by atoms with van der Waals surface area (Å²) < 4.78 is 12.2. The van der Waals surface area contributed by atoms with Gasteiger partial charge < -0.3 is 9.47 Å². The zero-order valence-electron chi connectivity index (χ0n) is 21.3. The second-order valence-corrected chi connectivity index (χ2v) is 16.2. The molecule has 2 radical (unpaired) electrons. The molecular weight excluding hydrogens is 495 g/mol. The van der Waals surface area contributed by atoms with Gasteiger partial charge in [0.1, 0.15) is 0 Å². The summed E-state index contributed by atoms with van der Waals surface area (Å²) in [5, 5.41) is 0. The van der Waals surface area contributed by atoms with Gasteiger partial charge in [-0.3, -0.25) is 0 Å². The molecule has 0 fully saturated rings. The third kappa shape index (κ3) is 31.7. The predicted molar refractivity (Wildman–Crippen MR) is 134 cm³/mol. The summed E-state index contributed by atoms with van der Waals surface area (Å²) in [6, 6.07) is 0. The predicted octanol–water partition coefficient (Wildman–Crippen LogP) is 7.70. The molecule has 0 aromatic heterocycles. The number of carbonyl (C=O) groups is 2. The van der Waals surface area contributed by atoms with E-state index in [1.54, 1.807) is 0 Å². The first-order chi connectivity index (χ1) is 14.8. The minimum atomic E-state index is -0.472. The van der Waals surface area contributed by atoms with E-state index in [0.717, 1.165) is 45.7 Å². The van der Waals surface area contributed by atoms with Gasteiger partial charge in [-0.1, -0.05) is 78.1 Å². The van der Waals surface area contributed by atoms with Gasteiger partial charge in [-0.25, -0.2) is 9.59 Å². The molecule has 0 aliphatic rings. The molecule has 182 valence electrons. The molecule has 0 rings (SSSR count). The first-order valence-corrected chi connectivity index (χ1v) is 15.9. The van der Waals surface area contributed by atoms with Crippen LogP contribution in [0.4, 0.5) is 0 Å². The van der Waals surface area contributed by atoms with Crippen LogP contribution < -0.4 is 0 Å². The maximum atomic E-state index is 11.4. The topological polar surface area (TPSA) is 52.6 Å². The van der Waals surface area contributed by atoms with Crippen LogP contribution in [-0.4, -0.2) is 46.3 Å². The van der Waals surface area contributed by atoms with E-state index in [1.165, 1.54) is 51.4 Å². The Kier molecular flexibility index (Phi) is 27.1. The molecule has 0 heterocycles. The van der Waals surface area contributed by atoms with Crippen molar-refractivity contribution in [3.05, 3.63) is 12.2 Å². The third-order valence-electron chi connectivity index (χ3n) is 4.51. The Morgan fingerprint density at radius 1 is 0.613 bits per heavy atom. The van der Waals surface area contributed by atoms with Crippen LogP contribution in [0, 0.1) is 0 Å². The fraction of sp³-hybridized carbons (Fsp3) is 0.846. The van der Waals surface area contributed by atoms with E-state index in [-0.39, 0.29) is 21.1 Å². The molecule has 0 atom stereocenters. The molecule has 0 amide bonds. The molecular formula is C26H50O4Sn. The van der Waals surface area contributed by atoms with Gasteiger partial charge in [0.05, 0.1) is 13.2 Å². The minimum absolute atomic E-state index is 0.0389. The molecule has 0 N–H and O–H groups in total. The molecule has 0 saturated carbocycles. The first kappa shape index (κ1) is 32.7. The van der Waals surface area contributed by atoms with E-state index < -0.39 is 11.9 Å². The van der Waals surface area contributed by atoms with E-state index in [9.17, 15) is 9.59 Å². The quantitative estimate of drug-likeness (QED) is 0.0767. The van der Waals surface area contributed by atoms with Crippen LogP contribution in [0.1, 0.15) is 119 Å². The van der Waals surface area contributed by atoms with E-state index in [1.807, 2.05) is 0 Å². The summed E-state index contributed by atoms with van der Waals surface area (Å²) in [5.41, 5.74) is 0. The number of hydrogen-bond donors (Lipinski definition) is 0. The van der Waals surface area contributed by atoms with Crippen molar-refractivity contribution in [2.24, 2.45) is 0 Å². The second kappa shape index (κ2) is 25.7. The standard InChI is InChI=1S/C20H36O4.2C3H7.Sn/c1-3-5-7-9-11-13-17-23-19(21)15-16-20(22)24-18-14-12-10-8-6-4-2;2*1-3-2;/h15-16H,3-14,17-18H2,1-2H3;2*3H,1-2H3;/b16-15-;;;. The molecule has 0 unspecified atom stereocenters. The Labute approximate surface area is 203 Å². The number of esters is 2. The monoisotopic (exact) mass is 546 g/mol. The zero-order valence-corrected chi connectivity index (χ0v) is 24.2. The van der Waals surface area contributed by atoms with Crippen LogP contribution in [-0.2, 0) is 19.1 Å². The molecule has 0 spiro atoms. The number of hydrogen-bond acceptors (Lipinski definition) is 4. The Balaban J connectivity index is 0. The van der Waals surface area contributed by atoms with Gasteiger partial charge in [0.15, 0.2) is 0 Å². The molecule has 31 heavy (non-hydrogen) atoms.